The predicted octanol–water partition coefficient (Wildman–Crippen LogP) is 2.98. The van der Waals surface area contributed by atoms with Gasteiger partial charge in [-0.15, -0.1) is 0 Å². The van der Waals surface area contributed by atoms with Gasteiger partial charge in [0.2, 0.25) is 5.91 Å². The molecule has 3 heterocycles. The highest BCUT2D eigenvalue weighted by Gasteiger charge is 2.37. The number of carbonyl (C=O) groups excluding carboxylic acids is 2. The molecule has 0 spiro atoms. The lowest BCUT2D eigenvalue weighted by Crippen LogP contribution is -2.58. The Morgan fingerprint density at radius 1 is 1.06 bits per heavy atom. The van der Waals surface area contributed by atoms with Crippen molar-refractivity contribution >= 4 is 11.8 Å². The van der Waals surface area contributed by atoms with Gasteiger partial charge in [-0.1, -0.05) is 19.3 Å². The summed E-state index contributed by atoms with van der Waals surface area (Å²) in [5, 5.41) is 3.26. The summed E-state index contributed by atoms with van der Waals surface area (Å²) in [6.45, 7) is 8.11. The Kier molecular flexibility index (Phi) is 8.25. The van der Waals surface area contributed by atoms with Crippen LogP contribution in [0.3, 0.4) is 0 Å². The second-order valence-electron chi connectivity index (χ2n) is 9.82. The predicted molar refractivity (Wildman–Crippen MR) is 124 cm³/mol. The SMILES string of the molecule is CC1CCCCN1CCCNC(=O)C(C1CCCC1)N1CCN(C(=O)c2ccco2)CC1. The largest absolute Gasteiger partial charge is 0.459 e. The first kappa shape index (κ1) is 23.3. The van der Waals surface area contributed by atoms with Gasteiger partial charge in [-0.3, -0.25) is 14.5 Å². The standard InChI is InChI=1S/C25H40N4O3/c1-20-8-4-5-13-27(20)14-7-12-26-24(30)23(21-9-2-3-10-21)28-15-17-29(18-16-28)25(31)22-11-6-19-32-22/h6,11,19-21,23H,2-5,7-10,12-18H2,1H3,(H,26,30). The first-order valence-corrected chi connectivity index (χ1v) is 12.7. The lowest BCUT2D eigenvalue weighted by atomic mass is 9.95. The molecule has 0 aromatic carbocycles. The van der Waals surface area contributed by atoms with E-state index in [9.17, 15) is 9.59 Å². The van der Waals surface area contributed by atoms with Gasteiger partial charge in [0.25, 0.3) is 5.91 Å². The van der Waals surface area contributed by atoms with Crippen LogP contribution >= 0.6 is 0 Å². The number of carbonyl (C=O) groups is 2. The molecule has 3 fully saturated rings. The number of furan rings is 1. The molecule has 0 radical (unpaired) electrons. The Morgan fingerprint density at radius 2 is 1.81 bits per heavy atom. The van der Waals surface area contributed by atoms with Crippen molar-refractivity contribution in [3.05, 3.63) is 24.2 Å². The molecule has 7 heteroatoms. The van der Waals surface area contributed by atoms with Crippen molar-refractivity contribution in [3.63, 3.8) is 0 Å². The number of piperidine rings is 1. The fourth-order valence-corrected chi connectivity index (χ4v) is 5.80. The van der Waals surface area contributed by atoms with Crippen LogP contribution in [0, 0.1) is 5.92 Å². The molecule has 2 atom stereocenters. The first-order valence-electron chi connectivity index (χ1n) is 12.7. The minimum Gasteiger partial charge on any atom is -0.459 e. The number of amides is 2. The Balaban J connectivity index is 1.27. The average molecular weight is 445 g/mol. The molecule has 2 amide bonds. The summed E-state index contributed by atoms with van der Waals surface area (Å²) < 4.78 is 5.28. The maximum Gasteiger partial charge on any atom is 0.289 e. The topological polar surface area (TPSA) is 69.0 Å². The summed E-state index contributed by atoms with van der Waals surface area (Å²) in [6.07, 6.45) is 11.2. The van der Waals surface area contributed by atoms with E-state index in [0.29, 0.717) is 30.8 Å². The summed E-state index contributed by atoms with van der Waals surface area (Å²) in [5.74, 6) is 0.967. The Hall–Kier alpha value is -1.86. The van der Waals surface area contributed by atoms with Gasteiger partial charge in [0, 0.05) is 45.3 Å². The van der Waals surface area contributed by atoms with Crippen molar-refractivity contribution in [2.75, 3.05) is 45.8 Å². The van der Waals surface area contributed by atoms with Gasteiger partial charge in [0.05, 0.1) is 12.3 Å². The Bertz CT molecular complexity index is 724. The van der Waals surface area contributed by atoms with Crippen LogP contribution in [0.4, 0.5) is 0 Å². The smallest absolute Gasteiger partial charge is 0.289 e. The van der Waals surface area contributed by atoms with Gasteiger partial charge in [-0.2, -0.15) is 0 Å². The molecule has 0 bridgehead atoms. The molecule has 2 aliphatic heterocycles. The minimum absolute atomic E-state index is 0.0524. The van der Waals surface area contributed by atoms with E-state index in [1.165, 1.54) is 44.9 Å². The van der Waals surface area contributed by atoms with E-state index in [2.05, 4.69) is 22.0 Å². The number of likely N-dealkylation sites (tertiary alicyclic amines) is 1. The fraction of sp³-hybridized carbons (Fsp3) is 0.760. The highest BCUT2D eigenvalue weighted by atomic mass is 16.3. The van der Waals surface area contributed by atoms with Crippen molar-refractivity contribution < 1.29 is 14.0 Å². The van der Waals surface area contributed by atoms with Crippen LogP contribution in [0.2, 0.25) is 0 Å². The van der Waals surface area contributed by atoms with Crippen molar-refractivity contribution in [2.45, 2.75) is 70.4 Å². The summed E-state index contributed by atoms with van der Waals surface area (Å²) in [6, 6.07) is 4.07. The fourth-order valence-electron chi connectivity index (χ4n) is 5.80. The zero-order chi connectivity index (χ0) is 22.3. The third kappa shape index (κ3) is 5.73. The second kappa shape index (κ2) is 11.3. The van der Waals surface area contributed by atoms with Crippen LogP contribution in [0.25, 0.3) is 0 Å². The van der Waals surface area contributed by atoms with Crippen LogP contribution in [0.5, 0.6) is 0 Å². The molecule has 4 rings (SSSR count). The summed E-state index contributed by atoms with van der Waals surface area (Å²) >= 11 is 0. The summed E-state index contributed by atoms with van der Waals surface area (Å²) in [4.78, 5) is 32.6. The quantitative estimate of drug-likeness (QED) is 0.625. The van der Waals surface area contributed by atoms with Crippen molar-refractivity contribution in [3.8, 4) is 0 Å². The van der Waals surface area contributed by atoms with E-state index in [1.54, 1.807) is 12.1 Å². The molecule has 178 valence electrons. The molecule has 7 nitrogen and oxygen atoms in total. The number of nitrogens with zero attached hydrogens (tertiary/aromatic N) is 3. The lowest BCUT2D eigenvalue weighted by Gasteiger charge is -2.40. The molecule has 2 unspecified atom stereocenters. The zero-order valence-electron chi connectivity index (χ0n) is 19.6. The van der Waals surface area contributed by atoms with Gasteiger partial charge in [0.15, 0.2) is 5.76 Å². The number of rotatable bonds is 8. The van der Waals surface area contributed by atoms with Gasteiger partial charge < -0.3 is 19.5 Å². The van der Waals surface area contributed by atoms with E-state index in [0.717, 1.165) is 45.4 Å². The third-order valence-corrected chi connectivity index (χ3v) is 7.70. The Morgan fingerprint density at radius 3 is 2.50 bits per heavy atom. The maximum atomic E-state index is 13.3. The van der Waals surface area contributed by atoms with Gasteiger partial charge in [-0.25, -0.2) is 0 Å². The number of hydrogen-bond donors (Lipinski definition) is 1. The highest BCUT2D eigenvalue weighted by molar-refractivity contribution is 5.91. The molecule has 32 heavy (non-hydrogen) atoms. The van der Waals surface area contributed by atoms with Crippen LogP contribution in [0.1, 0.15) is 68.8 Å². The molecule has 1 saturated carbocycles. The molecule has 2 saturated heterocycles. The van der Waals surface area contributed by atoms with Gasteiger partial charge in [-0.05, 0) is 63.6 Å². The van der Waals surface area contributed by atoms with Gasteiger partial charge >= 0.3 is 0 Å². The van der Waals surface area contributed by atoms with Crippen molar-refractivity contribution in [1.29, 1.82) is 0 Å². The molecule has 1 aromatic heterocycles. The van der Waals surface area contributed by atoms with E-state index in [4.69, 9.17) is 4.42 Å². The van der Waals surface area contributed by atoms with Gasteiger partial charge in [0.1, 0.15) is 0 Å². The normalized spacial score (nSPS) is 24.5. The molecule has 1 N–H and O–H groups in total. The molecule has 1 aromatic rings. The monoisotopic (exact) mass is 444 g/mol. The highest BCUT2D eigenvalue weighted by Crippen LogP contribution is 2.31. The molecule has 1 aliphatic carbocycles. The number of nitrogens with one attached hydrogen (secondary N) is 1. The van der Waals surface area contributed by atoms with Crippen molar-refractivity contribution in [2.24, 2.45) is 5.92 Å². The maximum absolute atomic E-state index is 13.3. The summed E-state index contributed by atoms with van der Waals surface area (Å²) in [5.41, 5.74) is 0. The van der Waals surface area contributed by atoms with E-state index < -0.39 is 0 Å². The lowest BCUT2D eigenvalue weighted by molar-refractivity contribution is -0.129. The molecular formula is C25H40N4O3. The van der Waals surface area contributed by atoms with E-state index >= 15 is 0 Å². The zero-order valence-corrected chi connectivity index (χ0v) is 19.6. The van der Waals surface area contributed by atoms with Crippen LogP contribution in [-0.4, -0.2) is 84.4 Å². The molecular weight excluding hydrogens is 404 g/mol. The third-order valence-electron chi connectivity index (χ3n) is 7.70. The van der Waals surface area contributed by atoms with Crippen LogP contribution in [-0.2, 0) is 4.79 Å². The van der Waals surface area contributed by atoms with E-state index in [1.807, 2.05) is 4.90 Å². The van der Waals surface area contributed by atoms with Crippen molar-refractivity contribution in [1.82, 2.24) is 20.0 Å². The van der Waals surface area contributed by atoms with Crippen LogP contribution in [0.15, 0.2) is 22.8 Å². The van der Waals surface area contributed by atoms with E-state index in [-0.39, 0.29) is 17.9 Å². The first-order chi connectivity index (χ1) is 15.6. The van der Waals surface area contributed by atoms with Crippen LogP contribution < -0.4 is 5.32 Å². The number of piperazine rings is 1. The summed E-state index contributed by atoms with van der Waals surface area (Å²) in [7, 11) is 0. The Labute approximate surface area is 192 Å². The molecule has 3 aliphatic rings. The minimum atomic E-state index is -0.0627. The average Bonchev–Trinajstić information content (AvgIpc) is 3.53. The number of hydrogen-bond acceptors (Lipinski definition) is 5. The second-order valence-corrected chi connectivity index (χ2v) is 9.82.